The lowest BCUT2D eigenvalue weighted by Gasteiger charge is -2.46. The smallest absolute Gasteiger partial charge is 0.117 e. The first-order chi connectivity index (χ1) is 20.0. The fourth-order valence-corrected chi connectivity index (χ4v) is 6.66. The maximum absolute atomic E-state index is 6.92. The average Bonchev–Trinajstić information content (AvgIpc) is 3.38. The van der Waals surface area contributed by atoms with Gasteiger partial charge >= 0.3 is 0 Å². The molecule has 1 fully saturated rings. The van der Waals surface area contributed by atoms with Crippen LogP contribution in [0.1, 0.15) is 101 Å². The predicted molar refractivity (Wildman–Crippen MR) is 174 cm³/mol. The second-order valence-electron chi connectivity index (χ2n) is 10.8. The third-order valence-electron chi connectivity index (χ3n) is 7.37. The van der Waals surface area contributed by atoms with Crippen molar-refractivity contribution in [1.82, 2.24) is 0 Å². The average molecular weight is 674 g/mol. The summed E-state index contributed by atoms with van der Waals surface area (Å²) < 4.78 is 34.0. The summed E-state index contributed by atoms with van der Waals surface area (Å²) in [5, 5.41) is 0.758. The number of ether oxygens (including phenoxy) is 5. The van der Waals surface area contributed by atoms with Crippen molar-refractivity contribution in [3.8, 4) is 0 Å². The van der Waals surface area contributed by atoms with Gasteiger partial charge in [-0.1, -0.05) is 77.1 Å². The predicted octanol–water partition coefficient (Wildman–Crippen LogP) is 9.57. The summed E-state index contributed by atoms with van der Waals surface area (Å²) in [4.78, 5) is 1.25. The van der Waals surface area contributed by atoms with E-state index >= 15 is 0 Å². The molecule has 0 bridgehead atoms. The Balaban J connectivity index is 1.97. The molecule has 1 aromatic heterocycles. The highest BCUT2D eigenvalue weighted by molar-refractivity contribution is 9.11. The summed E-state index contributed by atoms with van der Waals surface area (Å²) in [6.45, 7) is 11.9. The minimum absolute atomic E-state index is 0.263. The van der Waals surface area contributed by atoms with Crippen LogP contribution in [0, 0.1) is 0 Å². The molecule has 0 aliphatic carbocycles. The van der Waals surface area contributed by atoms with Crippen molar-refractivity contribution in [2.45, 2.75) is 116 Å². The van der Waals surface area contributed by atoms with Gasteiger partial charge in [-0.2, -0.15) is 0 Å². The Morgan fingerprint density at radius 2 is 1.39 bits per heavy atom. The molecule has 1 aromatic carbocycles. The molecule has 5 atom stereocenters. The van der Waals surface area contributed by atoms with Crippen LogP contribution in [0.3, 0.4) is 0 Å². The van der Waals surface area contributed by atoms with Crippen molar-refractivity contribution in [1.29, 1.82) is 0 Å². The molecule has 8 heteroatoms. The van der Waals surface area contributed by atoms with Gasteiger partial charge in [0.2, 0.25) is 0 Å². The molecule has 1 saturated heterocycles. The monoisotopic (exact) mass is 672 g/mol. The summed E-state index contributed by atoms with van der Waals surface area (Å²) in [6, 6.07) is 10.5. The maximum atomic E-state index is 6.92. The SMILES string of the molecule is CCCCOCC1OC(c2ccc(Cl)c(Cc3ccc(Br)s3)c2)[C@H](OCCCC)C(OCCCC)[C@@H]1OCCCC. The molecule has 1 aliphatic rings. The van der Waals surface area contributed by atoms with Gasteiger partial charge in [0.1, 0.15) is 30.5 Å². The van der Waals surface area contributed by atoms with Crippen molar-refractivity contribution in [3.63, 3.8) is 0 Å². The van der Waals surface area contributed by atoms with Gasteiger partial charge in [-0.15, -0.1) is 11.3 Å². The Bertz CT molecular complexity index is 988. The zero-order valence-corrected chi connectivity index (χ0v) is 28.5. The van der Waals surface area contributed by atoms with Gasteiger partial charge in [0.05, 0.1) is 10.4 Å². The fraction of sp³-hybridized carbons (Fsp3) is 0.697. The first kappa shape index (κ1) is 35.0. The Morgan fingerprint density at radius 1 is 0.780 bits per heavy atom. The number of benzene rings is 1. The maximum Gasteiger partial charge on any atom is 0.117 e. The van der Waals surface area contributed by atoms with E-state index in [1.165, 1.54) is 4.88 Å². The molecule has 0 N–H and O–H groups in total. The van der Waals surface area contributed by atoms with E-state index in [-0.39, 0.29) is 30.5 Å². The highest BCUT2D eigenvalue weighted by atomic mass is 79.9. The van der Waals surface area contributed by atoms with Gasteiger partial charge in [-0.3, -0.25) is 0 Å². The first-order valence-corrected chi connectivity index (χ1v) is 17.6. The first-order valence-electron chi connectivity index (χ1n) is 15.6. The minimum atomic E-state index is -0.324. The molecule has 5 nitrogen and oxygen atoms in total. The summed E-state index contributed by atoms with van der Waals surface area (Å²) in [5.74, 6) is 0. The van der Waals surface area contributed by atoms with E-state index in [0.717, 1.165) is 77.7 Å². The summed E-state index contributed by atoms with van der Waals surface area (Å²) in [7, 11) is 0. The van der Waals surface area contributed by atoms with Crippen LogP contribution in [0.15, 0.2) is 34.1 Å². The molecule has 41 heavy (non-hydrogen) atoms. The molecule has 3 unspecified atom stereocenters. The lowest BCUT2D eigenvalue weighted by molar-refractivity contribution is -0.268. The zero-order valence-electron chi connectivity index (χ0n) is 25.4. The largest absolute Gasteiger partial charge is 0.379 e. The van der Waals surface area contributed by atoms with Crippen molar-refractivity contribution in [3.05, 3.63) is 55.1 Å². The van der Waals surface area contributed by atoms with Crippen LogP contribution >= 0.6 is 38.9 Å². The van der Waals surface area contributed by atoms with Crippen LogP contribution in [0.2, 0.25) is 5.02 Å². The Hall–Kier alpha value is -0.510. The quantitative estimate of drug-likeness (QED) is 0.131. The lowest BCUT2D eigenvalue weighted by Crippen LogP contribution is -2.58. The number of halogens is 2. The van der Waals surface area contributed by atoms with E-state index in [1.54, 1.807) is 11.3 Å². The third kappa shape index (κ3) is 11.2. The topological polar surface area (TPSA) is 46.2 Å². The molecular formula is C33H50BrClO5S. The molecule has 0 saturated carbocycles. The van der Waals surface area contributed by atoms with Gasteiger partial charge < -0.3 is 23.7 Å². The molecule has 0 amide bonds. The molecule has 2 aromatic rings. The van der Waals surface area contributed by atoms with E-state index in [9.17, 15) is 0 Å². The van der Waals surface area contributed by atoms with Crippen LogP contribution in [0.4, 0.5) is 0 Å². The molecule has 2 heterocycles. The van der Waals surface area contributed by atoms with Crippen LogP contribution in [0.25, 0.3) is 0 Å². The molecule has 1 aliphatic heterocycles. The second kappa shape index (κ2) is 19.7. The highest BCUT2D eigenvalue weighted by Gasteiger charge is 2.48. The van der Waals surface area contributed by atoms with Gasteiger partial charge in [-0.05, 0) is 70.9 Å². The third-order valence-corrected chi connectivity index (χ3v) is 9.37. The van der Waals surface area contributed by atoms with Crippen molar-refractivity contribution in [2.75, 3.05) is 33.0 Å². The molecule has 0 radical (unpaired) electrons. The number of hydrogen-bond acceptors (Lipinski definition) is 6. The van der Waals surface area contributed by atoms with E-state index < -0.39 is 0 Å². The zero-order chi connectivity index (χ0) is 29.5. The molecule has 0 spiro atoms. The van der Waals surface area contributed by atoms with Gasteiger partial charge in [0, 0.05) is 42.7 Å². The fourth-order valence-electron chi connectivity index (χ4n) is 4.97. The van der Waals surface area contributed by atoms with Crippen LogP contribution in [-0.4, -0.2) is 57.5 Å². The van der Waals surface area contributed by atoms with Crippen LogP contribution < -0.4 is 0 Å². The second-order valence-corrected chi connectivity index (χ2v) is 13.8. The molecule has 232 valence electrons. The van der Waals surface area contributed by atoms with Crippen molar-refractivity contribution in [2.24, 2.45) is 0 Å². The number of unbranched alkanes of at least 4 members (excludes halogenated alkanes) is 4. The Kier molecular flexibility index (Phi) is 16.8. The van der Waals surface area contributed by atoms with E-state index in [1.807, 2.05) is 6.07 Å². The summed E-state index contributed by atoms with van der Waals surface area (Å²) >= 11 is 12.0. The van der Waals surface area contributed by atoms with Crippen molar-refractivity contribution < 1.29 is 23.7 Å². The van der Waals surface area contributed by atoms with E-state index in [0.29, 0.717) is 33.0 Å². The van der Waals surface area contributed by atoms with Gasteiger partial charge in [-0.25, -0.2) is 0 Å². The lowest BCUT2D eigenvalue weighted by atomic mass is 9.89. The van der Waals surface area contributed by atoms with Crippen molar-refractivity contribution >= 4 is 38.9 Å². The highest BCUT2D eigenvalue weighted by Crippen LogP contribution is 2.39. The van der Waals surface area contributed by atoms with Crippen LogP contribution in [-0.2, 0) is 30.1 Å². The summed E-state index contributed by atoms with van der Waals surface area (Å²) in [5.41, 5.74) is 2.13. The van der Waals surface area contributed by atoms with Crippen LogP contribution in [0.5, 0.6) is 0 Å². The van der Waals surface area contributed by atoms with Gasteiger partial charge in [0.15, 0.2) is 0 Å². The number of hydrogen-bond donors (Lipinski definition) is 0. The normalized spacial score (nSPS) is 22.8. The van der Waals surface area contributed by atoms with Gasteiger partial charge in [0.25, 0.3) is 0 Å². The standard InChI is InChI=1S/C33H50BrClO5S/c1-5-9-17-36-23-28-31(37-18-10-6-2)33(39-20-12-8-4)32(38-19-11-7-3)30(40-28)24-13-15-27(35)25(21-24)22-26-14-16-29(34)41-26/h13-16,21,28,30-33H,5-12,17-20,22-23H2,1-4H3/t28?,30?,31-,32+,33?/m1/s1. The molecule has 3 rings (SSSR count). The Morgan fingerprint density at radius 3 is 2.00 bits per heavy atom. The Labute approximate surface area is 265 Å². The summed E-state index contributed by atoms with van der Waals surface area (Å²) in [6.07, 6.45) is 7.62. The van der Waals surface area contributed by atoms with E-state index in [2.05, 4.69) is 67.9 Å². The minimum Gasteiger partial charge on any atom is -0.379 e. The number of rotatable bonds is 20. The number of thiophene rings is 1. The van der Waals surface area contributed by atoms with E-state index in [4.69, 9.17) is 35.3 Å². The molecular weight excluding hydrogens is 624 g/mol.